The molecule has 0 fully saturated rings. The van der Waals surface area contributed by atoms with E-state index in [4.69, 9.17) is 10.5 Å². The molecule has 5 nitrogen and oxygen atoms in total. The zero-order chi connectivity index (χ0) is 14.3. The summed E-state index contributed by atoms with van der Waals surface area (Å²) in [6, 6.07) is 9.96. The van der Waals surface area contributed by atoms with Crippen LogP contribution in [-0.2, 0) is 10.5 Å². The molecule has 19 heavy (non-hydrogen) atoms. The van der Waals surface area contributed by atoms with Crippen LogP contribution in [-0.4, -0.2) is 22.8 Å². The first-order chi connectivity index (χ1) is 8.90. The molecule has 0 atom stereocenters. The van der Waals surface area contributed by atoms with Gasteiger partial charge in [0.1, 0.15) is 5.60 Å². The molecule has 1 rings (SSSR count). The molecule has 6 heteroatoms. The van der Waals surface area contributed by atoms with Gasteiger partial charge in [-0.25, -0.2) is 10.2 Å². The number of nitrogens with one attached hydrogen (secondary N) is 1. The number of ether oxygens (including phenoxy) is 1. The lowest BCUT2D eigenvalue weighted by molar-refractivity contribution is 0.0438. The van der Waals surface area contributed by atoms with Crippen LogP contribution in [0.1, 0.15) is 26.3 Å². The van der Waals surface area contributed by atoms with E-state index in [2.05, 4.69) is 5.43 Å². The average Bonchev–Trinajstić information content (AvgIpc) is 2.33. The van der Waals surface area contributed by atoms with E-state index in [1.165, 1.54) is 11.9 Å². The van der Waals surface area contributed by atoms with Crippen LogP contribution in [0.15, 0.2) is 30.3 Å². The number of hydrogen-bond donors (Lipinski definition) is 2. The van der Waals surface area contributed by atoms with Gasteiger partial charge >= 0.3 is 6.09 Å². The molecule has 0 saturated carbocycles. The van der Waals surface area contributed by atoms with E-state index in [1.54, 1.807) is 4.41 Å². The van der Waals surface area contributed by atoms with E-state index in [0.29, 0.717) is 0 Å². The highest BCUT2D eigenvalue weighted by atomic mass is 32.2. The molecule has 0 spiro atoms. The summed E-state index contributed by atoms with van der Waals surface area (Å²) >= 11 is 1.43. The Bertz CT molecular complexity index is 393. The fourth-order valence-corrected chi connectivity index (χ4v) is 2.00. The highest BCUT2D eigenvalue weighted by molar-refractivity contribution is 7.96. The maximum atomic E-state index is 11.6. The molecular weight excluding hydrogens is 262 g/mol. The Kier molecular flexibility index (Phi) is 6.14. The topological polar surface area (TPSA) is 67.6 Å². The third kappa shape index (κ3) is 7.05. The summed E-state index contributed by atoms with van der Waals surface area (Å²) in [4.78, 5) is 11.6. The quantitative estimate of drug-likeness (QED) is 0.494. The summed E-state index contributed by atoms with van der Waals surface area (Å²) < 4.78 is 6.72. The van der Waals surface area contributed by atoms with Crippen LogP contribution in [0.3, 0.4) is 0 Å². The summed E-state index contributed by atoms with van der Waals surface area (Å²) in [6.07, 6.45) is -0.501. The maximum Gasteiger partial charge on any atom is 0.423 e. The Morgan fingerprint density at radius 3 is 2.53 bits per heavy atom. The molecule has 1 amide bonds. The van der Waals surface area contributed by atoms with Crippen molar-refractivity contribution in [2.45, 2.75) is 32.1 Å². The molecule has 0 saturated heterocycles. The van der Waals surface area contributed by atoms with Gasteiger partial charge in [0.2, 0.25) is 0 Å². The fraction of sp³-hybridized carbons (Fsp3) is 0.462. The summed E-state index contributed by atoms with van der Waals surface area (Å²) in [7, 11) is 0. The number of nitrogens with two attached hydrogens (primary N) is 1. The van der Waals surface area contributed by atoms with E-state index in [1.807, 2.05) is 51.1 Å². The predicted molar refractivity (Wildman–Crippen MR) is 78.0 cm³/mol. The Morgan fingerprint density at radius 1 is 1.37 bits per heavy atom. The summed E-state index contributed by atoms with van der Waals surface area (Å²) in [6.45, 7) is 5.65. The van der Waals surface area contributed by atoms with E-state index in [-0.39, 0.29) is 6.67 Å². The van der Waals surface area contributed by atoms with Crippen molar-refractivity contribution < 1.29 is 9.53 Å². The Labute approximate surface area is 118 Å². The first-order valence-corrected chi connectivity index (χ1v) is 6.99. The van der Waals surface area contributed by atoms with E-state index in [9.17, 15) is 4.79 Å². The molecule has 0 aliphatic rings. The summed E-state index contributed by atoms with van der Waals surface area (Å²) in [5.74, 6) is 0.730. The molecular formula is C13H21N3O2S. The van der Waals surface area contributed by atoms with Gasteiger partial charge in [0.05, 0.1) is 6.67 Å². The van der Waals surface area contributed by atoms with Gasteiger partial charge < -0.3 is 10.5 Å². The summed E-state index contributed by atoms with van der Waals surface area (Å²) in [5.41, 5.74) is 8.83. The number of nitrogens with zero attached hydrogens (tertiary/aromatic N) is 1. The van der Waals surface area contributed by atoms with Crippen LogP contribution >= 0.6 is 11.9 Å². The van der Waals surface area contributed by atoms with E-state index >= 15 is 0 Å². The molecule has 1 aromatic rings. The third-order valence-corrected chi connectivity index (χ3v) is 3.03. The fourth-order valence-electron chi connectivity index (χ4n) is 1.26. The monoisotopic (exact) mass is 283 g/mol. The minimum absolute atomic E-state index is 0.205. The molecule has 106 valence electrons. The Hall–Kier alpha value is -1.24. The van der Waals surface area contributed by atoms with Crippen molar-refractivity contribution in [3.63, 3.8) is 0 Å². The highest BCUT2D eigenvalue weighted by Crippen LogP contribution is 2.14. The van der Waals surface area contributed by atoms with Crippen LogP contribution in [0.2, 0.25) is 0 Å². The maximum absolute atomic E-state index is 11.6. The highest BCUT2D eigenvalue weighted by Gasteiger charge is 2.18. The molecule has 0 unspecified atom stereocenters. The zero-order valence-electron chi connectivity index (χ0n) is 11.6. The molecule has 3 N–H and O–H groups in total. The van der Waals surface area contributed by atoms with Gasteiger partial charge in [-0.15, -0.1) is 4.41 Å². The van der Waals surface area contributed by atoms with E-state index < -0.39 is 11.7 Å². The smallest absolute Gasteiger partial charge is 0.423 e. The van der Waals surface area contributed by atoms with Gasteiger partial charge in [0.25, 0.3) is 0 Å². The second kappa shape index (κ2) is 7.37. The number of benzene rings is 1. The largest absolute Gasteiger partial charge is 0.443 e. The third-order valence-electron chi connectivity index (χ3n) is 2.01. The second-order valence-corrected chi connectivity index (χ2v) is 5.92. The number of hydrogen-bond acceptors (Lipinski definition) is 5. The lowest BCUT2D eigenvalue weighted by atomic mass is 10.2. The SMILES string of the molecule is CC(C)(C)OC(=O)NN(CN)SCc1ccccc1. The number of carbonyl (C=O) groups is 1. The number of carbonyl (C=O) groups excluding carboxylic acids is 1. The van der Waals surface area contributed by atoms with Gasteiger partial charge in [-0.05, 0) is 26.3 Å². The number of amides is 1. The molecule has 0 bridgehead atoms. The minimum Gasteiger partial charge on any atom is -0.443 e. The van der Waals surface area contributed by atoms with Crippen molar-refractivity contribution in [2.75, 3.05) is 6.67 Å². The summed E-state index contributed by atoms with van der Waals surface area (Å²) in [5, 5.41) is 0. The van der Waals surface area contributed by atoms with Gasteiger partial charge in [-0.2, -0.15) is 0 Å². The second-order valence-electron chi connectivity index (χ2n) is 4.93. The molecule has 1 aromatic carbocycles. The first kappa shape index (κ1) is 15.8. The van der Waals surface area contributed by atoms with Crippen molar-refractivity contribution in [1.29, 1.82) is 0 Å². The lowest BCUT2D eigenvalue weighted by Gasteiger charge is -2.24. The Morgan fingerprint density at radius 2 is 2.00 bits per heavy atom. The molecule has 0 heterocycles. The Balaban J connectivity index is 2.39. The van der Waals surface area contributed by atoms with Gasteiger partial charge in [-0.3, -0.25) is 0 Å². The number of hydrazine groups is 1. The van der Waals surface area contributed by atoms with Crippen molar-refractivity contribution in [3.8, 4) is 0 Å². The van der Waals surface area contributed by atoms with Crippen molar-refractivity contribution in [3.05, 3.63) is 35.9 Å². The van der Waals surface area contributed by atoms with Crippen LogP contribution in [0, 0.1) is 0 Å². The van der Waals surface area contributed by atoms with Crippen molar-refractivity contribution in [2.24, 2.45) is 5.73 Å². The van der Waals surface area contributed by atoms with Crippen LogP contribution in [0.25, 0.3) is 0 Å². The predicted octanol–water partition coefficient (Wildman–Crippen LogP) is 2.49. The molecule has 0 aliphatic carbocycles. The van der Waals surface area contributed by atoms with Crippen LogP contribution in [0.4, 0.5) is 4.79 Å². The van der Waals surface area contributed by atoms with Crippen LogP contribution < -0.4 is 11.2 Å². The van der Waals surface area contributed by atoms with Gasteiger partial charge in [-0.1, -0.05) is 42.3 Å². The normalized spacial score (nSPS) is 11.4. The minimum atomic E-state index is -0.519. The van der Waals surface area contributed by atoms with Crippen molar-refractivity contribution >= 4 is 18.0 Å². The molecule has 0 aliphatic heterocycles. The van der Waals surface area contributed by atoms with Gasteiger partial charge in [0, 0.05) is 5.75 Å². The molecule has 0 aromatic heterocycles. The number of rotatable bonds is 5. The molecule has 0 radical (unpaired) electrons. The van der Waals surface area contributed by atoms with Crippen LogP contribution in [0.5, 0.6) is 0 Å². The zero-order valence-corrected chi connectivity index (χ0v) is 12.4. The standard InChI is InChI=1S/C13H21N3O2S/c1-13(2,3)18-12(17)15-16(10-14)19-9-11-7-5-4-6-8-11/h4-8H,9-10,14H2,1-3H3,(H,15,17). The first-order valence-electron chi connectivity index (χ1n) is 6.05. The van der Waals surface area contributed by atoms with Crippen molar-refractivity contribution in [1.82, 2.24) is 9.84 Å². The average molecular weight is 283 g/mol. The van der Waals surface area contributed by atoms with Gasteiger partial charge in [0.15, 0.2) is 0 Å². The lowest BCUT2D eigenvalue weighted by Crippen LogP contribution is -2.43. The van der Waals surface area contributed by atoms with E-state index in [0.717, 1.165) is 11.3 Å².